The fourth-order valence-corrected chi connectivity index (χ4v) is 4.47. The molecule has 1 aromatic rings. The topological polar surface area (TPSA) is 127 Å². The molecular formula is C21H33N7O3. The Hall–Kier alpha value is -2.51. The molecular weight excluding hydrogens is 398 g/mol. The van der Waals surface area contributed by atoms with Crippen molar-refractivity contribution in [2.45, 2.75) is 64.8 Å². The molecule has 31 heavy (non-hydrogen) atoms. The number of aromatic nitrogens is 3. The number of hydrogen-bond donors (Lipinski definition) is 2. The third-order valence-corrected chi connectivity index (χ3v) is 6.14. The molecule has 2 aliphatic rings. The van der Waals surface area contributed by atoms with E-state index >= 15 is 0 Å². The molecule has 3 heterocycles. The number of aliphatic hydroxyl groups excluding tert-OH is 1. The van der Waals surface area contributed by atoms with Crippen molar-refractivity contribution in [3.05, 3.63) is 11.9 Å². The van der Waals surface area contributed by atoms with Crippen LogP contribution in [0.1, 0.15) is 51.8 Å². The Kier molecular flexibility index (Phi) is 6.96. The van der Waals surface area contributed by atoms with E-state index < -0.39 is 23.6 Å². The van der Waals surface area contributed by atoms with Crippen LogP contribution < -0.4 is 5.32 Å². The molecule has 0 saturated carbocycles. The summed E-state index contributed by atoms with van der Waals surface area (Å²) in [5, 5.41) is 30.3. The van der Waals surface area contributed by atoms with E-state index in [0.717, 1.165) is 31.6 Å². The van der Waals surface area contributed by atoms with Crippen LogP contribution in [0, 0.1) is 22.7 Å². The predicted molar refractivity (Wildman–Crippen MR) is 112 cm³/mol. The highest BCUT2D eigenvalue weighted by Gasteiger charge is 2.45. The number of nitriles is 1. The molecule has 0 radical (unpaired) electrons. The van der Waals surface area contributed by atoms with Gasteiger partial charge in [-0.15, -0.1) is 5.10 Å². The van der Waals surface area contributed by atoms with Crippen LogP contribution in [0.2, 0.25) is 0 Å². The van der Waals surface area contributed by atoms with Crippen molar-refractivity contribution in [2.24, 2.45) is 11.3 Å². The van der Waals surface area contributed by atoms with Crippen molar-refractivity contribution in [3.63, 3.8) is 0 Å². The predicted octanol–water partition coefficient (Wildman–Crippen LogP) is 0.309. The van der Waals surface area contributed by atoms with Gasteiger partial charge in [-0.3, -0.25) is 14.5 Å². The molecule has 2 unspecified atom stereocenters. The lowest BCUT2D eigenvalue weighted by Crippen LogP contribution is -2.49. The smallest absolute Gasteiger partial charge is 0.248 e. The summed E-state index contributed by atoms with van der Waals surface area (Å²) in [6, 6.07) is 0.985. The summed E-state index contributed by atoms with van der Waals surface area (Å²) < 4.78 is 1.59. The molecule has 0 aromatic carbocycles. The number of rotatable bonds is 5. The molecule has 1 aromatic heterocycles. The van der Waals surface area contributed by atoms with Crippen molar-refractivity contribution >= 4 is 11.8 Å². The van der Waals surface area contributed by atoms with Gasteiger partial charge in [-0.2, -0.15) is 5.26 Å². The maximum atomic E-state index is 13.5. The van der Waals surface area contributed by atoms with Gasteiger partial charge in [0.1, 0.15) is 12.1 Å². The third-order valence-electron chi connectivity index (χ3n) is 6.14. The lowest BCUT2D eigenvalue weighted by Gasteiger charge is -2.34. The number of piperidine rings is 1. The number of likely N-dealkylation sites (tertiary alicyclic amines) is 2. The molecule has 0 bridgehead atoms. The van der Waals surface area contributed by atoms with E-state index in [2.05, 4.69) is 26.6 Å². The summed E-state index contributed by atoms with van der Waals surface area (Å²) in [6.45, 7) is 8.27. The van der Waals surface area contributed by atoms with Crippen LogP contribution in [-0.4, -0.2) is 80.5 Å². The van der Waals surface area contributed by atoms with Gasteiger partial charge in [-0.1, -0.05) is 26.0 Å². The van der Waals surface area contributed by atoms with E-state index in [4.69, 9.17) is 5.26 Å². The molecule has 10 nitrogen and oxygen atoms in total. The number of amides is 2. The van der Waals surface area contributed by atoms with Gasteiger partial charge in [0.25, 0.3) is 0 Å². The van der Waals surface area contributed by atoms with Crippen LogP contribution in [0.3, 0.4) is 0 Å². The molecule has 2 amide bonds. The van der Waals surface area contributed by atoms with Crippen LogP contribution in [-0.2, 0) is 16.1 Å². The minimum absolute atomic E-state index is 0.124. The normalized spacial score (nSPS) is 24.1. The summed E-state index contributed by atoms with van der Waals surface area (Å²) in [5.74, 6) is -0.402. The molecule has 2 fully saturated rings. The van der Waals surface area contributed by atoms with E-state index in [0.29, 0.717) is 6.54 Å². The maximum Gasteiger partial charge on any atom is 0.248 e. The highest BCUT2D eigenvalue weighted by Crippen LogP contribution is 2.34. The highest BCUT2D eigenvalue weighted by molar-refractivity contribution is 5.90. The lowest BCUT2D eigenvalue weighted by atomic mass is 9.85. The van der Waals surface area contributed by atoms with Crippen molar-refractivity contribution < 1.29 is 14.7 Å². The first kappa shape index (κ1) is 23.2. The minimum atomic E-state index is -0.727. The Morgan fingerprint density at radius 3 is 2.61 bits per heavy atom. The minimum Gasteiger partial charge on any atom is -0.391 e. The number of nitrogens with one attached hydrogen (secondary N) is 1. The van der Waals surface area contributed by atoms with Crippen molar-refractivity contribution in [2.75, 3.05) is 26.7 Å². The first-order valence-electron chi connectivity index (χ1n) is 10.9. The number of carbonyl (C=O) groups is 2. The number of carbonyl (C=O) groups excluding carboxylic acids is 2. The zero-order chi connectivity index (χ0) is 22.8. The first-order chi connectivity index (χ1) is 14.6. The lowest BCUT2D eigenvalue weighted by molar-refractivity contribution is -0.144. The molecule has 3 atom stereocenters. The van der Waals surface area contributed by atoms with Gasteiger partial charge in [0, 0.05) is 32.5 Å². The standard InChI is InChI=1S/C21H33N7O3/c1-21(2,3)18(20(31)27-13-16(29)9-17(27)19(30)23-4)28-12-15(24-25-28)11-26-7-5-14(10-22)6-8-26/h12,14,16-18,29H,5-9,11,13H2,1-4H3,(H,23,30)/t16?,17?,18-/m1/s1. The van der Waals surface area contributed by atoms with E-state index in [-0.39, 0.29) is 30.7 Å². The number of nitrogens with zero attached hydrogens (tertiary/aromatic N) is 6. The molecule has 2 saturated heterocycles. The first-order valence-corrected chi connectivity index (χ1v) is 10.9. The molecule has 2 aliphatic heterocycles. The second-order valence-corrected chi connectivity index (χ2v) is 9.65. The van der Waals surface area contributed by atoms with Gasteiger partial charge >= 0.3 is 0 Å². The maximum absolute atomic E-state index is 13.5. The second kappa shape index (κ2) is 9.32. The van der Waals surface area contributed by atoms with Crippen LogP contribution in [0.4, 0.5) is 0 Å². The summed E-state index contributed by atoms with van der Waals surface area (Å²) in [7, 11) is 1.53. The Morgan fingerprint density at radius 2 is 2.03 bits per heavy atom. The summed E-state index contributed by atoms with van der Waals surface area (Å²) in [5.41, 5.74) is 0.287. The number of likely N-dealkylation sites (N-methyl/N-ethyl adjacent to an activating group) is 1. The molecule has 0 spiro atoms. The number of hydrogen-bond acceptors (Lipinski definition) is 7. The molecule has 2 N–H and O–H groups in total. The number of aliphatic hydroxyl groups is 1. The van der Waals surface area contributed by atoms with E-state index in [1.54, 1.807) is 10.9 Å². The quantitative estimate of drug-likeness (QED) is 0.687. The second-order valence-electron chi connectivity index (χ2n) is 9.65. The SMILES string of the molecule is CNC(=O)C1CC(O)CN1C(=O)[C@@H](n1cc(CN2CCC(C#N)CC2)nn1)C(C)(C)C. The largest absolute Gasteiger partial charge is 0.391 e. The van der Waals surface area contributed by atoms with Crippen LogP contribution >= 0.6 is 0 Å². The zero-order valence-corrected chi connectivity index (χ0v) is 18.8. The Morgan fingerprint density at radius 1 is 1.35 bits per heavy atom. The van der Waals surface area contributed by atoms with E-state index in [1.165, 1.54) is 11.9 Å². The van der Waals surface area contributed by atoms with E-state index in [9.17, 15) is 14.7 Å². The van der Waals surface area contributed by atoms with Crippen molar-refractivity contribution in [1.82, 2.24) is 30.1 Å². The molecule has 3 rings (SSSR count). The fraction of sp³-hybridized carbons (Fsp3) is 0.762. The average molecular weight is 432 g/mol. The third kappa shape index (κ3) is 5.22. The zero-order valence-electron chi connectivity index (χ0n) is 18.8. The molecule has 170 valence electrons. The highest BCUT2D eigenvalue weighted by atomic mass is 16.3. The van der Waals surface area contributed by atoms with Crippen molar-refractivity contribution in [3.8, 4) is 6.07 Å². The molecule has 0 aliphatic carbocycles. The summed E-state index contributed by atoms with van der Waals surface area (Å²) >= 11 is 0. The van der Waals surface area contributed by atoms with Crippen LogP contribution in [0.25, 0.3) is 0 Å². The van der Waals surface area contributed by atoms with Gasteiger partial charge in [0.05, 0.1) is 24.1 Å². The Bertz CT molecular complexity index is 833. The van der Waals surface area contributed by atoms with Crippen molar-refractivity contribution in [1.29, 1.82) is 5.26 Å². The van der Waals surface area contributed by atoms with Gasteiger partial charge in [-0.25, -0.2) is 4.68 Å². The van der Waals surface area contributed by atoms with Gasteiger partial charge in [-0.05, 0) is 31.3 Å². The fourth-order valence-electron chi connectivity index (χ4n) is 4.47. The summed E-state index contributed by atoms with van der Waals surface area (Å²) in [6.07, 6.45) is 3.00. The van der Waals surface area contributed by atoms with Gasteiger partial charge in [0.15, 0.2) is 0 Å². The van der Waals surface area contributed by atoms with Gasteiger partial charge in [0.2, 0.25) is 11.8 Å². The van der Waals surface area contributed by atoms with Gasteiger partial charge < -0.3 is 15.3 Å². The molecule has 10 heteroatoms. The van der Waals surface area contributed by atoms with Crippen LogP contribution in [0.5, 0.6) is 0 Å². The Labute approximate surface area is 183 Å². The number of β-amino-alcohol motifs (C(OH)–C–C–N with tert-alkyl or cyclic N) is 1. The van der Waals surface area contributed by atoms with E-state index in [1.807, 2.05) is 20.8 Å². The van der Waals surface area contributed by atoms with Crippen LogP contribution in [0.15, 0.2) is 6.20 Å². The average Bonchev–Trinajstić information content (AvgIpc) is 3.33. The summed E-state index contributed by atoms with van der Waals surface area (Å²) in [4.78, 5) is 29.5. The Balaban J connectivity index is 1.77. The monoisotopic (exact) mass is 431 g/mol.